The van der Waals surface area contributed by atoms with E-state index in [2.05, 4.69) is 4.98 Å². The summed E-state index contributed by atoms with van der Waals surface area (Å²) in [5, 5.41) is 1.08. The number of aromatic nitrogens is 1. The van der Waals surface area contributed by atoms with Gasteiger partial charge in [0.1, 0.15) is 5.58 Å². The second-order valence-corrected chi connectivity index (χ2v) is 8.32. The van der Waals surface area contributed by atoms with E-state index in [1.165, 1.54) is 0 Å². The Labute approximate surface area is 183 Å². The van der Waals surface area contributed by atoms with Crippen molar-refractivity contribution < 1.29 is 9.21 Å². The van der Waals surface area contributed by atoms with Gasteiger partial charge in [0.05, 0.1) is 17.0 Å². The summed E-state index contributed by atoms with van der Waals surface area (Å²) in [7, 11) is 0. The van der Waals surface area contributed by atoms with Crippen LogP contribution in [-0.4, -0.2) is 15.8 Å². The van der Waals surface area contributed by atoms with Crippen molar-refractivity contribution in [2.45, 2.75) is 26.4 Å². The molecule has 5 nitrogen and oxygen atoms in total. The molecule has 0 spiro atoms. The van der Waals surface area contributed by atoms with Crippen LogP contribution in [0.25, 0.3) is 11.0 Å². The van der Waals surface area contributed by atoms with Crippen molar-refractivity contribution >= 4 is 28.5 Å². The number of nitrogens with zero attached hydrogens (tertiary/aromatic N) is 2. The van der Waals surface area contributed by atoms with E-state index >= 15 is 0 Å². The van der Waals surface area contributed by atoms with Gasteiger partial charge in [-0.25, -0.2) is 0 Å². The lowest BCUT2D eigenvalue weighted by atomic mass is 9.97. The van der Waals surface area contributed by atoms with Crippen molar-refractivity contribution in [1.82, 2.24) is 9.88 Å². The normalized spacial score (nSPS) is 15.5. The molecule has 4 aromatic rings. The Morgan fingerprint density at radius 2 is 1.87 bits per heavy atom. The number of carbonyl (C=O) groups excluding carboxylic acids is 1. The molecule has 1 aliphatic heterocycles. The fraction of sp³-hybridized carbons (Fsp3) is 0.160. The topological polar surface area (TPSA) is 63.4 Å². The number of pyridine rings is 1. The molecule has 0 aliphatic carbocycles. The third-order valence-corrected chi connectivity index (χ3v) is 5.91. The van der Waals surface area contributed by atoms with Gasteiger partial charge in [0.15, 0.2) is 5.43 Å². The van der Waals surface area contributed by atoms with Gasteiger partial charge in [0.25, 0.3) is 5.91 Å². The van der Waals surface area contributed by atoms with Crippen LogP contribution < -0.4 is 5.43 Å². The molecule has 1 amide bonds. The number of hydrogen-bond donors (Lipinski definition) is 0. The molecule has 0 bridgehead atoms. The number of amides is 1. The van der Waals surface area contributed by atoms with Gasteiger partial charge in [-0.2, -0.15) is 0 Å². The summed E-state index contributed by atoms with van der Waals surface area (Å²) in [4.78, 5) is 32.9. The van der Waals surface area contributed by atoms with E-state index in [9.17, 15) is 9.59 Å². The van der Waals surface area contributed by atoms with E-state index in [-0.39, 0.29) is 17.1 Å². The molecule has 1 atom stereocenters. The minimum Gasteiger partial charge on any atom is -0.450 e. The quantitative estimate of drug-likeness (QED) is 0.448. The van der Waals surface area contributed by atoms with Gasteiger partial charge in [-0.1, -0.05) is 35.9 Å². The first-order valence-corrected chi connectivity index (χ1v) is 10.3. The Balaban J connectivity index is 1.76. The van der Waals surface area contributed by atoms with Gasteiger partial charge >= 0.3 is 0 Å². The maximum Gasteiger partial charge on any atom is 0.291 e. The van der Waals surface area contributed by atoms with E-state index in [1.54, 1.807) is 29.4 Å². The minimum absolute atomic E-state index is 0.105. The number of carbonyl (C=O) groups is 1. The SMILES string of the molecule is Cc1cc(C)c2oc3c(c(=O)c2c1)C(c1ccc(Cl)cc1)N(Cc1cccnc1)C3=O. The van der Waals surface area contributed by atoms with Crippen molar-refractivity contribution in [1.29, 1.82) is 0 Å². The largest absolute Gasteiger partial charge is 0.450 e. The van der Waals surface area contributed by atoms with Crippen molar-refractivity contribution in [2.75, 3.05) is 0 Å². The molecule has 0 saturated heterocycles. The third-order valence-electron chi connectivity index (χ3n) is 5.66. The summed E-state index contributed by atoms with van der Waals surface area (Å²) in [6.07, 6.45) is 3.40. The molecule has 154 valence electrons. The number of aryl methyl sites for hydroxylation is 2. The van der Waals surface area contributed by atoms with Gasteiger partial charge in [0, 0.05) is 24.0 Å². The van der Waals surface area contributed by atoms with Crippen LogP contribution >= 0.6 is 11.6 Å². The van der Waals surface area contributed by atoms with Crippen LogP contribution in [0.15, 0.2) is 70.1 Å². The first-order valence-electron chi connectivity index (χ1n) is 9.97. The fourth-order valence-corrected chi connectivity index (χ4v) is 4.44. The first kappa shape index (κ1) is 19.5. The fourth-order valence-electron chi connectivity index (χ4n) is 4.32. The Bertz CT molecular complexity index is 1380. The molecule has 2 aromatic carbocycles. The second-order valence-electron chi connectivity index (χ2n) is 7.88. The van der Waals surface area contributed by atoms with Gasteiger partial charge in [0.2, 0.25) is 5.76 Å². The Kier molecular flexibility index (Phi) is 4.63. The highest BCUT2D eigenvalue weighted by molar-refractivity contribution is 6.30. The lowest BCUT2D eigenvalue weighted by Gasteiger charge is -2.25. The Morgan fingerprint density at radius 1 is 1.10 bits per heavy atom. The molecule has 0 radical (unpaired) electrons. The minimum atomic E-state index is -0.568. The third kappa shape index (κ3) is 3.22. The number of hydrogen-bond acceptors (Lipinski definition) is 4. The summed E-state index contributed by atoms with van der Waals surface area (Å²) in [6.45, 7) is 4.13. The van der Waals surface area contributed by atoms with Crippen LogP contribution in [0, 0.1) is 13.8 Å². The predicted molar refractivity (Wildman–Crippen MR) is 119 cm³/mol. The first-order chi connectivity index (χ1) is 14.9. The standard InChI is InChI=1S/C25H19ClN2O3/c1-14-10-15(2)23-19(11-14)22(29)20-21(17-5-7-18(26)8-6-17)28(25(30)24(20)31-23)13-16-4-3-9-27-12-16/h3-12,21H,13H2,1-2H3. The van der Waals surface area contributed by atoms with E-state index in [0.717, 1.165) is 22.3 Å². The second kappa shape index (κ2) is 7.36. The van der Waals surface area contributed by atoms with E-state index < -0.39 is 6.04 Å². The molecule has 0 fully saturated rings. The zero-order valence-electron chi connectivity index (χ0n) is 17.1. The van der Waals surface area contributed by atoms with Crippen LogP contribution in [0.3, 0.4) is 0 Å². The molecule has 2 aromatic heterocycles. The average Bonchev–Trinajstić information content (AvgIpc) is 3.03. The van der Waals surface area contributed by atoms with Crippen LogP contribution in [0.1, 0.15) is 44.4 Å². The highest BCUT2D eigenvalue weighted by Gasteiger charge is 2.42. The molecule has 1 unspecified atom stereocenters. The molecule has 3 heterocycles. The number of halogens is 1. The van der Waals surface area contributed by atoms with E-state index in [0.29, 0.717) is 28.1 Å². The molecule has 0 N–H and O–H groups in total. The van der Waals surface area contributed by atoms with Crippen LogP contribution in [0.2, 0.25) is 5.02 Å². The smallest absolute Gasteiger partial charge is 0.291 e. The summed E-state index contributed by atoms with van der Waals surface area (Å²) in [5.41, 5.74) is 4.12. The highest BCUT2D eigenvalue weighted by Crippen LogP contribution is 2.39. The van der Waals surface area contributed by atoms with Crippen molar-refractivity contribution in [2.24, 2.45) is 0 Å². The summed E-state index contributed by atoms with van der Waals surface area (Å²) >= 11 is 6.09. The van der Waals surface area contributed by atoms with Gasteiger partial charge in [-0.3, -0.25) is 14.6 Å². The summed E-state index contributed by atoms with van der Waals surface area (Å²) in [6, 6.07) is 14.1. The lowest BCUT2D eigenvalue weighted by Crippen LogP contribution is -2.29. The lowest BCUT2D eigenvalue weighted by molar-refractivity contribution is 0.0714. The predicted octanol–water partition coefficient (Wildman–Crippen LogP) is 5.20. The molecule has 1 aliphatic rings. The highest BCUT2D eigenvalue weighted by atomic mass is 35.5. The van der Waals surface area contributed by atoms with Crippen molar-refractivity contribution in [3.05, 3.63) is 110 Å². The maximum absolute atomic E-state index is 13.6. The van der Waals surface area contributed by atoms with Crippen molar-refractivity contribution in [3.63, 3.8) is 0 Å². The number of rotatable bonds is 3. The molecular formula is C25H19ClN2O3. The Hall–Kier alpha value is -3.44. The maximum atomic E-state index is 13.6. The molecule has 5 rings (SSSR count). The Morgan fingerprint density at radius 3 is 2.58 bits per heavy atom. The van der Waals surface area contributed by atoms with Crippen LogP contribution in [0.4, 0.5) is 0 Å². The van der Waals surface area contributed by atoms with E-state index in [1.807, 2.05) is 50.2 Å². The molecular weight excluding hydrogens is 412 g/mol. The average molecular weight is 431 g/mol. The van der Waals surface area contributed by atoms with Gasteiger partial charge in [-0.05, 0) is 60.4 Å². The van der Waals surface area contributed by atoms with Crippen molar-refractivity contribution in [3.8, 4) is 0 Å². The molecule has 6 heteroatoms. The monoisotopic (exact) mass is 430 g/mol. The zero-order chi connectivity index (χ0) is 21.7. The molecule has 31 heavy (non-hydrogen) atoms. The number of fused-ring (bicyclic) bond motifs is 2. The van der Waals surface area contributed by atoms with Gasteiger partial charge in [-0.15, -0.1) is 0 Å². The van der Waals surface area contributed by atoms with Crippen LogP contribution in [0.5, 0.6) is 0 Å². The summed E-state index contributed by atoms with van der Waals surface area (Å²) in [5.74, 6) is -0.203. The van der Waals surface area contributed by atoms with Gasteiger partial charge < -0.3 is 9.32 Å². The van der Waals surface area contributed by atoms with Crippen LogP contribution in [-0.2, 0) is 6.54 Å². The van der Waals surface area contributed by atoms with E-state index in [4.69, 9.17) is 16.0 Å². The number of benzene rings is 2. The summed E-state index contributed by atoms with van der Waals surface area (Å²) < 4.78 is 6.09. The molecule has 0 saturated carbocycles. The zero-order valence-corrected chi connectivity index (χ0v) is 17.8.